The van der Waals surface area contributed by atoms with E-state index in [1.165, 1.54) is 26.5 Å². The van der Waals surface area contributed by atoms with Crippen LogP contribution in [0.4, 0.5) is 0 Å². The average molecular weight is 235 g/mol. The summed E-state index contributed by atoms with van der Waals surface area (Å²) < 4.78 is 15.6. The van der Waals surface area contributed by atoms with Gasteiger partial charge in [-0.3, -0.25) is 0 Å². The van der Waals surface area contributed by atoms with Gasteiger partial charge < -0.3 is 14.2 Å². The van der Waals surface area contributed by atoms with E-state index in [4.69, 9.17) is 14.2 Å². The molecule has 0 bridgehead atoms. The highest BCUT2D eigenvalue weighted by molar-refractivity contribution is 5.66. The molecule has 0 aromatic heterocycles. The lowest BCUT2D eigenvalue weighted by Crippen LogP contribution is -1.96. The van der Waals surface area contributed by atoms with Crippen LogP contribution in [-0.4, -0.2) is 27.4 Å². The summed E-state index contributed by atoms with van der Waals surface area (Å²) in [4.78, 5) is 13.3. The summed E-state index contributed by atoms with van der Waals surface area (Å²) in [6.45, 7) is 0. The van der Waals surface area contributed by atoms with E-state index in [1.54, 1.807) is 25.3 Å². The minimum Gasteiger partial charge on any atom is -0.493 e. The summed E-state index contributed by atoms with van der Waals surface area (Å²) in [6, 6.07) is 3.52. The van der Waals surface area contributed by atoms with E-state index in [-0.39, 0.29) is 0 Å². The van der Waals surface area contributed by atoms with Crippen molar-refractivity contribution < 1.29 is 19.0 Å². The van der Waals surface area contributed by atoms with Crippen molar-refractivity contribution >= 4 is 12.2 Å². The third-order valence-electron chi connectivity index (χ3n) is 2.12. The van der Waals surface area contributed by atoms with Crippen LogP contribution in [0.15, 0.2) is 23.3 Å². The Morgan fingerprint density at radius 2 is 1.82 bits per heavy atom. The summed E-state index contributed by atoms with van der Waals surface area (Å²) >= 11 is 0. The molecule has 1 aromatic rings. The van der Waals surface area contributed by atoms with E-state index in [0.29, 0.717) is 17.2 Å². The fourth-order valence-corrected chi connectivity index (χ4v) is 1.40. The molecule has 5 nitrogen and oxygen atoms in total. The average Bonchev–Trinajstić information content (AvgIpc) is 2.38. The van der Waals surface area contributed by atoms with Crippen LogP contribution in [0.1, 0.15) is 5.56 Å². The van der Waals surface area contributed by atoms with Gasteiger partial charge in [0.1, 0.15) is 0 Å². The van der Waals surface area contributed by atoms with Crippen LogP contribution in [0.5, 0.6) is 17.2 Å². The highest BCUT2D eigenvalue weighted by atomic mass is 16.5. The molecule has 1 aromatic carbocycles. The van der Waals surface area contributed by atoms with Gasteiger partial charge in [-0.2, -0.15) is 4.99 Å². The van der Waals surface area contributed by atoms with Crippen molar-refractivity contribution in [2.24, 2.45) is 4.99 Å². The van der Waals surface area contributed by atoms with Crippen LogP contribution in [0, 0.1) is 0 Å². The molecule has 0 fully saturated rings. The molecule has 17 heavy (non-hydrogen) atoms. The highest BCUT2D eigenvalue weighted by Gasteiger charge is 2.13. The van der Waals surface area contributed by atoms with Gasteiger partial charge >= 0.3 is 0 Å². The van der Waals surface area contributed by atoms with Gasteiger partial charge in [-0.15, -0.1) is 0 Å². The molecule has 0 heterocycles. The van der Waals surface area contributed by atoms with Gasteiger partial charge in [0.15, 0.2) is 11.5 Å². The summed E-state index contributed by atoms with van der Waals surface area (Å²) in [5.41, 5.74) is 0.726. The number of methoxy groups -OCH3 is 3. The van der Waals surface area contributed by atoms with Crippen LogP contribution < -0.4 is 14.2 Å². The largest absolute Gasteiger partial charge is 0.493 e. The lowest BCUT2D eigenvalue weighted by molar-refractivity contribution is 0.324. The third kappa shape index (κ3) is 2.86. The van der Waals surface area contributed by atoms with Gasteiger partial charge in [0.05, 0.1) is 21.3 Å². The lowest BCUT2D eigenvalue weighted by atomic mass is 10.1. The molecule has 0 amide bonds. The Kier molecular flexibility index (Phi) is 4.78. The first-order chi connectivity index (χ1) is 8.28. The minimum atomic E-state index is 0.493. The van der Waals surface area contributed by atoms with Gasteiger partial charge in [0, 0.05) is 11.8 Å². The standard InChI is InChI=1S/C12H13NO4/c1-15-10-5-4-9(6-7-13-8-14)11(16-2)12(10)17-3/h4-7H,1-3H3/b7-6+. The first-order valence-electron chi connectivity index (χ1n) is 4.81. The van der Waals surface area contributed by atoms with Crippen molar-refractivity contribution in [2.45, 2.75) is 0 Å². The highest BCUT2D eigenvalue weighted by Crippen LogP contribution is 2.40. The first kappa shape index (κ1) is 12.8. The van der Waals surface area contributed by atoms with Crippen molar-refractivity contribution in [1.29, 1.82) is 0 Å². The third-order valence-corrected chi connectivity index (χ3v) is 2.12. The number of rotatable bonds is 5. The Hall–Kier alpha value is -2.26. The van der Waals surface area contributed by atoms with E-state index in [2.05, 4.69) is 4.99 Å². The molecule has 0 N–H and O–H groups in total. The van der Waals surface area contributed by atoms with Gasteiger partial charge in [-0.1, -0.05) is 0 Å². The van der Waals surface area contributed by atoms with E-state index in [0.717, 1.165) is 5.56 Å². The number of benzene rings is 1. The monoisotopic (exact) mass is 235 g/mol. The maximum Gasteiger partial charge on any atom is 0.239 e. The van der Waals surface area contributed by atoms with Crippen molar-refractivity contribution in [3.05, 3.63) is 23.9 Å². The Labute approximate surface area is 99.3 Å². The molecular formula is C12H13NO4. The number of hydrogen-bond acceptors (Lipinski definition) is 5. The van der Waals surface area contributed by atoms with Crippen molar-refractivity contribution in [3.8, 4) is 17.2 Å². The summed E-state index contributed by atoms with van der Waals surface area (Å²) in [6.07, 6.45) is 4.36. The van der Waals surface area contributed by atoms with Gasteiger partial charge in [0.25, 0.3) is 0 Å². The second-order valence-corrected chi connectivity index (χ2v) is 2.96. The molecule has 1 rings (SSSR count). The smallest absolute Gasteiger partial charge is 0.239 e. The van der Waals surface area contributed by atoms with Crippen LogP contribution >= 0.6 is 0 Å². The predicted molar refractivity (Wildman–Crippen MR) is 63.3 cm³/mol. The molecule has 0 radical (unpaired) electrons. The van der Waals surface area contributed by atoms with Gasteiger partial charge in [-0.05, 0) is 18.2 Å². The maximum absolute atomic E-state index is 9.95. The van der Waals surface area contributed by atoms with Crippen LogP contribution in [0.3, 0.4) is 0 Å². The SMILES string of the molecule is COc1ccc(/C=C/N=C=O)c(OC)c1OC. The summed E-state index contributed by atoms with van der Waals surface area (Å²) in [5.74, 6) is 1.58. The fraction of sp³-hybridized carbons (Fsp3) is 0.250. The Balaban J connectivity index is 3.27. The van der Waals surface area contributed by atoms with Crippen molar-refractivity contribution in [3.63, 3.8) is 0 Å². The molecule has 0 aliphatic carbocycles. The Bertz CT molecular complexity index is 462. The Morgan fingerprint density at radius 1 is 1.12 bits per heavy atom. The zero-order chi connectivity index (χ0) is 12.7. The Morgan fingerprint density at radius 3 is 2.35 bits per heavy atom. The molecule has 0 atom stereocenters. The number of hydrogen-bond donors (Lipinski definition) is 0. The van der Waals surface area contributed by atoms with Crippen molar-refractivity contribution in [2.75, 3.05) is 21.3 Å². The number of isocyanates is 1. The molecule has 0 saturated heterocycles. The van der Waals surface area contributed by atoms with Crippen LogP contribution in [0.2, 0.25) is 0 Å². The first-order valence-corrected chi connectivity index (χ1v) is 4.81. The topological polar surface area (TPSA) is 57.1 Å². The number of ether oxygens (including phenoxy) is 3. The predicted octanol–water partition coefficient (Wildman–Crippen LogP) is 2.02. The molecule has 0 unspecified atom stereocenters. The zero-order valence-corrected chi connectivity index (χ0v) is 9.89. The molecular weight excluding hydrogens is 222 g/mol. The zero-order valence-electron chi connectivity index (χ0n) is 9.89. The van der Waals surface area contributed by atoms with E-state index < -0.39 is 0 Å². The molecule has 0 aliphatic heterocycles. The lowest BCUT2D eigenvalue weighted by Gasteiger charge is -2.13. The molecule has 0 spiro atoms. The molecule has 90 valence electrons. The normalized spacial score (nSPS) is 9.82. The summed E-state index contributed by atoms with van der Waals surface area (Å²) in [5, 5.41) is 0. The summed E-state index contributed by atoms with van der Waals surface area (Å²) in [7, 11) is 4.60. The number of aliphatic imine (C=N–C) groups is 1. The maximum atomic E-state index is 9.95. The van der Waals surface area contributed by atoms with E-state index >= 15 is 0 Å². The second-order valence-electron chi connectivity index (χ2n) is 2.96. The number of nitrogens with zero attached hydrogens (tertiary/aromatic N) is 1. The molecule has 0 aliphatic rings. The van der Waals surface area contributed by atoms with Crippen LogP contribution in [0.25, 0.3) is 6.08 Å². The van der Waals surface area contributed by atoms with E-state index in [9.17, 15) is 4.79 Å². The second kappa shape index (κ2) is 6.35. The van der Waals surface area contributed by atoms with Crippen molar-refractivity contribution in [1.82, 2.24) is 0 Å². The fourth-order valence-electron chi connectivity index (χ4n) is 1.40. The molecule has 0 saturated carbocycles. The van der Waals surface area contributed by atoms with Gasteiger partial charge in [0.2, 0.25) is 11.8 Å². The van der Waals surface area contributed by atoms with Crippen LogP contribution in [-0.2, 0) is 4.79 Å². The number of carbonyl (C=O) groups excluding carboxylic acids is 1. The minimum absolute atomic E-state index is 0.493. The van der Waals surface area contributed by atoms with Gasteiger partial charge in [-0.25, -0.2) is 4.79 Å². The molecule has 5 heteroatoms. The van der Waals surface area contributed by atoms with E-state index in [1.807, 2.05) is 0 Å². The quantitative estimate of drug-likeness (QED) is 0.578.